The van der Waals surface area contributed by atoms with Gasteiger partial charge in [-0.2, -0.15) is 0 Å². The standard InChI is InChI=1S/C12H10BrClO3/c1-7(15)12(14)9-4-8(2-3-11(16)17)5-10(13)6-9/h2-6,12H,1H3,(H,16,17)/b3-2+. The van der Waals surface area contributed by atoms with Crippen molar-refractivity contribution in [3.05, 3.63) is 39.9 Å². The number of hydrogen-bond acceptors (Lipinski definition) is 2. The Bertz CT molecular complexity index is 483. The zero-order valence-corrected chi connectivity index (χ0v) is 11.3. The quantitative estimate of drug-likeness (QED) is 0.684. The third-order valence-corrected chi connectivity index (χ3v) is 3.03. The highest BCUT2D eigenvalue weighted by Crippen LogP contribution is 2.26. The lowest BCUT2D eigenvalue weighted by Crippen LogP contribution is -2.01. The second kappa shape index (κ2) is 5.98. The molecule has 0 aliphatic heterocycles. The van der Waals surface area contributed by atoms with Crippen LogP contribution in [0.15, 0.2) is 28.7 Å². The smallest absolute Gasteiger partial charge is 0.328 e. The first-order chi connectivity index (χ1) is 7.90. The summed E-state index contributed by atoms with van der Waals surface area (Å²) in [5.74, 6) is -1.18. The number of alkyl halides is 1. The average molecular weight is 318 g/mol. The lowest BCUT2D eigenvalue weighted by molar-refractivity contribution is -0.131. The molecule has 0 bridgehead atoms. The Labute approximate surface area is 112 Å². The summed E-state index contributed by atoms with van der Waals surface area (Å²) >= 11 is 9.22. The molecule has 1 unspecified atom stereocenters. The van der Waals surface area contributed by atoms with Gasteiger partial charge in [-0.15, -0.1) is 11.6 Å². The number of carboxylic acids is 1. The van der Waals surface area contributed by atoms with Gasteiger partial charge in [0.15, 0.2) is 5.78 Å². The van der Waals surface area contributed by atoms with Crippen molar-refractivity contribution in [2.75, 3.05) is 0 Å². The monoisotopic (exact) mass is 316 g/mol. The Morgan fingerprint density at radius 3 is 2.59 bits per heavy atom. The van der Waals surface area contributed by atoms with Gasteiger partial charge < -0.3 is 5.11 Å². The van der Waals surface area contributed by atoms with E-state index in [0.29, 0.717) is 11.1 Å². The molecule has 3 nitrogen and oxygen atoms in total. The highest BCUT2D eigenvalue weighted by atomic mass is 79.9. The SMILES string of the molecule is CC(=O)C(Cl)c1cc(Br)cc(/C=C/C(=O)O)c1. The second-order valence-corrected chi connectivity index (χ2v) is 4.81. The highest BCUT2D eigenvalue weighted by Gasteiger charge is 2.13. The Kier molecular flexibility index (Phi) is 4.90. The van der Waals surface area contributed by atoms with Gasteiger partial charge in [-0.05, 0) is 42.3 Å². The molecular formula is C12H10BrClO3. The van der Waals surface area contributed by atoms with Gasteiger partial charge in [0, 0.05) is 10.5 Å². The molecule has 0 saturated carbocycles. The lowest BCUT2D eigenvalue weighted by Gasteiger charge is -2.07. The molecule has 0 aliphatic carbocycles. The van der Waals surface area contributed by atoms with Crippen LogP contribution in [-0.2, 0) is 9.59 Å². The van der Waals surface area contributed by atoms with Crippen LogP contribution in [0.1, 0.15) is 23.4 Å². The molecule has 0 aromatic heterocycles. The molecule has 1 rings (SSSR count). The van der Waals surface area contributed by atoms with Crippen LogP contribution in [0.4, 0.5) is 0 Å². The summed E-state index contributed by atoms with van der Waals surface area (Å²) in [7, 11) is 0. The molecule has 1 atom stereocenters. The number of carbonyl (C=O) groups is 2. The molecule has 0 radical (unpaired) electrons. The van der Waals surface area contributed by atoms with Crippen LogP contribution in [0, 0.1) is 0 Å². The minimum Gasteiger partial charge on any atom is -0.478 e. The summed E-state index contributed by atoms with van der Waals surface area (Å²) in [6.07, 6.45) is 2.48. The largest absolute Gasteiger partial charge is 0.478 e. The maximum Gasteiger partial charge on any atom is 0.328 e. The topological polar surface area (TPSA) is 54.4 Å². The first-order valence-electron chi connectivity index (χ1n) is 4.76. The Hall–Kier alpha value is -1.13. The molecule has 0 saturated heterocycles. The maximum absolute atomic E-state index is 11.2. The third-order valence-electron chi connectivity index (χ3n) is 2.01. The highest BCUT2D eigenvalue weighted by molar-refractivity contribution is 9.10. The first kappa shape index (κ1) is 13.9. The molecule has 1 aromatic carbocycles. The predicted octanol–water partition coefficient (Wildman–Crippen LogP) is 3.42. The van der Waals surface area contributed by atoms with Crippen LogP contribution < -0.4 is 0 Å². The molecule has 0 spiro atoms. The predicted molar refractivity (Wildman–Crippen MR) is 70.1 cm³/mol. The van der Waals surface area contributed by atoms with Gasteiger partial charge >= 0.3 is 5.97 Å². The van der Waals surface area contributed by atoms with Crippen LogP contribution in [0.3, 0.4) is 0 Å². The summed E-state index contributed by atoms with van der Waals surface area (Å²) in [6, 6.07) is 5.16. The Balaban J connectivity index is 3.10. The molecule has 90 valence electrons. The van der Waals surface area contributed by atoms with Gasteiger partial charge in [-0.3, -0.25) is 4.79 Å². The van der Waals surface area contributed by atoms with Crippen molar-refractivity contribution in [2.45, 2.75) is 12.3 Å². The van der Waals surface area contributed by atoms with Crippen LogP contribution in [0.25, 0.3) is 6.08 Å². The fraction of sp³-hybridized carbons (Fsp3) is 0.167. The second-order valence-electron chi connectivity index (χ2n) is 3.46. The molecule has 0 fully saturated rings. The molecular weight excluding hydrogens is 307 g/mol. The number of carboxylic acid groups (broad SMARTS) is 1. The molecule has 17 heavy (non-hydrogen) atoms. The molecule has 0 aliphatic rings. The number of ketones is 1. The number of carbonyl (C=O) groups excluding carboxylic acids is 1. The van der Waals surface area contributed by atoms with Crippen molar-refractivity contribution in [3.8, 4) is 0 Å². The van der Waals surface area contributed by atoms with Crippen LogP contribution in [-0.4, -0.2) is 16.9 Å². The number of rotatable bonds is 4. The van der Waals surface area contributed by atoms with Gasteiger partial charge in [0.05, 0.1) is 0 Å². The summed E-state index contributed by atoms with van der Waals surface area (Å²) in [4.78, 5) is 21.6. The van der Waals surface area contributed by atoms with Gasteiger partial charge in [-0.25, -0.2) is 4.79 Å². The zero-order chi connectivity index (χ0) is 13.0. The maximum atomic E-state index is 11.2. The van der Waals surface area contributed by atoms with Gasteiger partial charge in [0.25, 0.3) is 0 Å². The normalized spacial score (nSPS) is 12.6. The van der Waals surface area contributed by atoms with Gasteiger partial charge in [0.2, 0.25) is 0 Å². The van der Waals surface area contributed by atoms with E-state index in [4.69, 9.17) is 16.7 Å². The molecule has 1 aromatic rings. The average Bonchev–Trinajstić information content (AvgIpc) is 2.24. The number of benzene rings is 1. The number of aliphatic carboxylic acids is 1. The van der Waals surface area contributed by atoms with Crippen LogP contribution >= 0.6 is 27.5 Å². The Morgan fingerprint density at radius 1 is 1.41 bits per heavy atom. The molecule has 1 N–H and O–H groups in total. The van der Waals surface area contributed by atoms with Crippen molar-refractivity contribution >= 4 is 45.4 Å². The first-order valence-corrected chi connectivity index (χ1v) is 5.99. The van der Waals surface area contributed by atoms with E-state index >= 15 is 0 Å². The van der Waals surface area contributed by atoms with E-state index in [1.54, 1.807) is 18.2 Å². The van der Waals surface area contributed by atoms with Crippen molar-refractivity contribution in [1.29, 1.82) is 0 Å². The van der Waals surface area contributed by atoms with Crippen molar-refractivity contribution < 1.29 is 14.7 Å². The number of Topliss-reactive ketones (excluding diaryl/α,β-unsaturated/α-hetero) is 1. The molecule has 0 heterocycles. The lowest BCUT2D eigenvalue weighted by atomic mass is 10.1. The summed E-state index contributed by atoms with van der Waals surface area (Å²) in [5, 5.41) is 7.81. The van der Waals surface area contributed by atoms with E-state index in [0.717, 1.165) is 10.5 Å². The van der Waals surface area contributed by atoms with E-state index < -0.39 is 11.3 Å². The van der Waals surface area contributed by atoms with E-state index in [-0.39, 0.29) is 5.78 Å². The summed E-state index contributed by atoms with van der Waals surface area (Å²) in [5.41, 5.74) is 1.31. The van der Waals surface area contributed by atoms with Crippen LogP contribution in [0.5, 0.6) is 0 Å². The van der Waals surface area contributed by atoms with Crippen molar-refractivity contribution in [1.82, 2.24) is 0 Å². The zero-order valence-electron chi connectivity index (χ0n) is 8.98. The Morgan fingerprint density at radius 2 is 2.06 bits per heavy atom. The van der Waals surface area contributed by atoms with Crippen molar-refractivity contribution in [2.24, 2.45) is 0 Å². The summed E-state index contributed by atoms with van der Waals surface area (Å²) in [6.45, 7) is 1.41. The fourth-order valence-electron chi connectivity index (χ4n) is 1.28. The van der Waals surface area contributed by atoms with Gasteiger partial charge in [-0.1, -0.05) is 15.9 Å². The van der Waals surface area contributed by atoms with Gasteiger partial charge in [0.1, 0.15) is 5.38 Å². The number of halogens is 2. The summed E-state index contributed by atoms with van der Waals surface area (Å²) < 4.78 is 0.743. The fourth-order valence-corrected chi connectivity index (χ4v) is 1.94. The van der Waals surface area contributed by atoms with E-state index in [2.05, 4.69) is 15.9 Å². The minimum atomic E-state index is -1.03. The van der Waals surface area contributed by atoms with E-state index in [9.17, 15) is 9.59 Å². The van der Waals surface area contributed by atoms with E-state index in [1.165, 1.54) is 13.0 Å². The molecule has 0 amide bonds. The minimum absolute atomic E-state index is 0.155. The van der Waals surface area contributed by atoms with Crippen LogP contribution in [0.2, 0.25) is 0 Å². The number of hydrogen-bond donors (Lipinski definition) is 1. The van der Waals surface area contributed by atoms with Crippen molar-refractivity contribution in [3.63, 3.8) is 0 Å². The molecule has 5 heteroatoms. The third kappa shape index (κ3) is 4.32. The van der Waals surface area contributed by atoms with E-state index in [1.807, 2.05) is 0 Å².